The van der Waals surface area contributed by atoms with Crippen molar-refractivity contribution in [3.8, 4) is 0 Å². The van der Waals surface area contributed by atoms with E-state index >= 15 is 0 Å². The lowest BCUT2D eigenvalue weighted by Crippen LogP contribution is -2.47. The molecule has 6 heteroatoms. The van der Waals surface area contributed by atoms with Gasteiger partial charge < -0.3 is 15.5 Å². The molecule has 0 radical (unpaired) electrons. The minimum absolute atomic E-state index is 0. The van der Waals surface area contributed by atoms with Gasteiger partial charge in [0.05, 0.1) is 0 Å². The number of rotatable bonds is 7. The van der Waals surface area contributed by atoms with Crippen molar-refractivity contribution in [1.82, 2.24) is 20.4 Å². The molecule has 2 fully saturated rings. The van der Waals surface area contributed by atoms with Gasteiger partial charge in [0.15, 0.2) is 5.96 Å². The molecule has 2 N–H and O–H groups in total. The van der Waals surface area contributed by atoms with E-state index in [2.05, 4.69) is 46.2 Å². The summed E-state index contributed by atoms with van der Waals surface area (Å²) in [6, 6.07) is 0.671. The van der Waals surface area contributed by atoms with Crippen molar-refractivity contribution >= 4 is 29.9 Å². The number of hydrogen-bond acceptors (Lipinski definition) is 3. The molecule has 0 aromatic carbocycles. The molecule has 148 valence electrons. The zero-order valence-electron chi connectivity index (χ0n) is 16.8. The average molecular weight is 465 g/mol. The van der Waals surface area contributed by atoms with Crippen molar-refractivity contribution in [2.45, 2.75) is 52.5 Å². The predicted octanol–water partition coefficient (Wildman–Crippen LogP) is 2.62. The molecule has 0 bridgehead atoms. The van der Waals surface area contributed by atoms with Crippen LogP contribution in [0.2, 0.25) is 0 Å². The van der Waals surface area contributed by atoms with Gasteiger partial charge in [-0.05, 0) is 57.2 Å². The molecule has 2 saturated heterocycles. The molecule has 25 heavy (non-hydrogen) atoms. The van der Waals surface area contributed by atoms with Crippen LogP contribution in [0.5, 0.6) is 0 Å². The van der Waals surface area contributed by atoms with Crippen LogP contribution in [0.25, 0.3) is 0 Å². The van der Waals surface area contributed by atoms with Gasteiger partial charge in [0, 0.05) is 39.3 Å². The maximum absolute atomic E-state index is 4.41. The topological polar surface area (TPSA) is 42.9 Å². The fourth-order valence-electron chi connectivity index (χ4n) is 4.22. The first kappa shape index (κ1) is 23.0. The Morgan fingerprint density at radius 3 is 2.52 bits per heavy atom. The van der Waals surface area contributed by atoms with E-state index in [0.717, 1.165) is 37.4 Å². The quantitative estimate of drug-likeness (QED) is 0.345. The summed E-state index contributed by atoms with van der Waals surface area (Å²) in [4.78, 5) is 9.62. The molecule has 0 saturated carbocycles. The second-order valence-electron chi connectivity index (χ2n) is 7.92. The van der Waals surface area contributed by atoms with Crippen LogP contribution in [-0.4, -0.2) is 74.7 Å². The van der Waals surface area contributed by atoms with E-state index in [4.69, 9.17) is 0 Å². The van der Waals surface area contributed by atoms with Crippen molar-refractivity contribution in [2.24, 2.45) is 16.8 Å². The Hall–Kier alpha value is -0.0800. The number of halogens is 1. The van der Waals surface area contributed by atoms with Crippen LogP contribution >= 0.6 is 24.0 Å². The van der Waals surface area contributed by atoms with Gasteiger partial charge in [0.1, 0.15) is 0 Å². The summed E-state index contributed by atoms with van der Waals surface area (Å²) in [6.45, 7) is 15.1. The average Bonchev–Trinajstić information content (AvgIpc) is 3.02. The Morgan fingerprint density at radius 1 is 1.12 bits per heavy atom. The molecular weight excluding hydrogens is 425 g/mol. The molecule has 0 amide bonds. The highest BCUT2D eigenvalue weighted by Gasteiger charge is 2.23. The summed E-state index contributed by atoms with van der Waals surface area (Å²) in [6.07, 6.45) is 5.31. The van der Waals surface area contributed by atoms with Gasteiger partial charge in [-0.15, -0.1) is 24.0 Å². The first-order chi connectivity index (χ1) is 11.6. The number of likely N-dealkylation sites (tertiary alicyclic amines) is 2. The molecule has 2 rings (SSSR count). The molecule has 0 aliphatic carbocycles. The molecular formula is C19H40IN5. The van der Waals surface area contributed by atoms with Gasteiger partial charge in [-0.2, -0.15) is 0 Å². The van der Waals surface area contributed by atoms with E-state index in [1.807, 2.05) is 7.05 Å². The maximum Gasteiger partial charge on any atom is 0.191 e. The molecule has 5 nitrogen and oxygen atoms in total. The number of nitrogens with zero attached hydrogens (tertiary/aromatic N) is 3. The monoisotopic (exact) mass is 465 g/mol. The Kier molecular flexibility index (Phi) is 11.3. The SMILES string of the molecule is CCN1CCCC1CNC(=NC)NCC1CCCN(CC(C)C)C1.I. The molecule has 0 aromatic heterocycles. The lowest BCUT2D eigenvalue weighted by atomic mass is 9.97. The highest BCUT2D eigenvalue weighted by Crippen LogP contribution is 2.17. The van der Waals surface area contributed by atoms with E-state index in [9.17, 15) is 0 Å². The van der Waals surface area contributed by atoms with Gasteiger partial charge in [-0.1, -0.05) is 20.8 Å². The Morgan fingerprint density at radius 2 is 1.84 bits per heavy atom. The fraction of sp³-hybridized carbons (Fsp3) is 0.947. The Bertz CT molecular complexity index is 388. The third kappa shape index (κ3) is 7.99. The molecule has 2 atom stereocenters. The van der Waals surface area contributed by atoms with Crippen LogP contribution < -0.4 is 10.6 Å². The second kappa shape index (κ2) is 12.3. The molecule has 0 spiro atoms. The summed E-state index contributed by atoms with van der Waals surface area (Å²) in [5.74, 6) is 2.48. The van der Waals surface area contributed by atoms with E-state index < -0.39 is 0 Å². The smallest absolute Gasteiger partial charge is 0.191 e. The number of nitrogens with one attached hydrogen (secondary N) is 2. The largest absolute Gasteiger partial charge is 0.356 e. The molecule has 2 aliphatic heterocycles. The molecule has 2 aliphatic rings. The third-order valence-electron chi connectivity index (χ3n) is 5.42. The first-order valence-electron chi connectivity index (χ1n) is 10.0. The van der Waals surface area contributed by atoms with E-state index in [0.29, 0.717) is 6.04 Å². The number of hydrogen-bond donors (Lipinski definition) is 2. The van der Waals surface area contributed by atoms with E-state index in [-0.39, 0.29) is 24.0 Å². The summed E-state index contributed by atoms with van der Waals surface area (Å²) in [7, 11) is 1.88. The van der Waals surface area contributed by atoms with Gasteiger partial charge in [-0.3, -0.25) is 9.89 Å². The van der Waals surface area contributed by atoms with E-state index in [1.165, 1.54) is 51.9 Å². The van der Waals surface area contributed by atoms with Crippen molar-refractivity contribution in [1.29, 1.82) is 0 Å². The van der Waals surface area contributed by atoms with Crippen LogP contribution in [0.15, 0.2) is 4.99 Å². The van der Waals surface area contributed by atoms with Gasteiger partial charge in [0.2, 0.25) is 0 Å². The molecule has 2 heterocycles. The maximum atomic E-state index is 4.41. The minimum Gasteiger partial charge on any atom is -0.356 e. The van der Waals surface area contributed by atoms with Crippen LogP contribution in [0.4, 0.5) is 0 Å². The van der Waals surface area contributed by atoms with Crippen molar-refractivity contribution in [3.63, 3.8) is 0 Å². The lowest BCUT2D eigenvalue weighted by molar-refractivity contribution is 0.159. The first-order valence-corrected chi connectivity index (χ1v) is 10.0. The number of piperidine rings is 1. The van der Waals surface area contributed by atoms with Crippen LogP contribution in [0.1, 0.15) is 46.5 Å². The molecule has 2 unspecified atom stereocenters. The third-order valence-corrected chi connectivity index (χ3v) is 5.42. The Balaban J connectivity index is 0.00000312. The van der Waals surface area contributed by atoms with Crippen LogP contribution in [0, 0.1) is 11.8 Å². The summed E-state index contributed by atoms with van der Waals surface area (Å²) in [5, 5.41) is 7.11. The lowest BCUT2D eigenvalue weighted by Gasteiger charge is -2.34. The van der Waals surface area contributed by atoms with Crippen LogP contribution in [0.3, 0.4) is 0 Å². The van der Waals surface area contributed by atoms with Gasteiger partial charge in [0.25, 0.3) is 0 Å². The summed E-state index contributed by atoms with van der Waals surface area (Å²) >= 11 is 0. The fourth-order valence-corrected chi connectivity index (χ4v) is 4.22. The molecule has 0 aromatic rings. The Labute approximate surface area is 172 Å². The van der Waals surface area contributed by atoms with Gasteiger partial charge in [-0.25, -0.2) is 0 Å². The van der Waals surface area contributed by atoms with Crippen LogP contribution in [-0.2, 0) is 0 Å². The van der Waals surface area contributed by atoms with Crippen molar-refractivity contribution in [2.75, 3.05) is 52.9 Å². The zero-order valence-corrected chi connectivity index (χ0v) is 19.1. The zero-order chi connectivity index (χ0) is 17.4. The number of likely N-dealkylation sites (N-methyl/N-ethyl adjacent to an activating group) is 1. The van der Waals surface area contributed by atoms with Gasteiger partial charge >= 0.3 is 0 Å². The summed E-state index contributed by atoms with van der Waals surface area (Å²) in [5.41, 5.74) is 0. The highest BCUT2D eigenvalue weighted by molar-refractivity contribution is 14.0. The van der Waals surface area contributed by atoms with E-state index in [1.54, 1.807) is 0 Å². The second-order valence-corrected chi connectivity index (χ2v) is 7.92. The highest BCUT2D eigenvalue weighted by atomic mass is 127. The number of aliphatic imine (C=N–C) groups is 1. The standard InChI is InChI=1S/C19H39N5.HI/c1-5-24-11-7-9-18(24)13-22-19(20-4)21-12-17-8-6-10-23(15-17)14-16(2)3;/h16-18H,5-15H2,1-4H3,(H2,20,21,22);1H. The van der Waals surface area contributed by atoms with Crippen molar-refractivity contribution in [3.05, 3.63) is 0 Å². The number of guanidine groups is 1. The normalized spacial score (nSPS) is 25.9. The predicted molar refractivity (Wildman–Crippen MR) is 119 cm³/mol. The summed E-state index contributed by atoms with van der Waals surface area (Å²) < 4.78 is 0. The van der Waals surface area contributed by atoms with Crippen molar-refractivity contribution < 1.29 is 0 Å². The minimum atomic E-state index is 0.